The molecular weight excluding hydrogens is 392 g/mol. The van der Waals surface area contributed by atoms with Gasteiger partial charge in [-0.1, -0.05) is 42.6 Å². The molecule has 4 amide bonds. The summed E-state index contributed by atoms with van der Waals surface area (Å²) in [5.41, 5.74) is 1.39. The number of nitrogens with one attached hydrogen (secondary N) is 1. The number of nitrogens with zero attached hydrogens (tertiary/aromatic N) is 1. The molecule has 2 aromatic rings. The van der Waals surface area contributed by atoms with Crippen molar-refractivity contribution in [2.75, 3.05) is 11.5 Å². The first-order valence-corrected chi connectivity index (χ1v) is 9.19. The molecule has 1 N–H and O–H groups in total. The van der Waals surface area contributed by atoms with Gasteiger partial charge in [0.2, 0.25) is 0 Å². The number of imide groups is 2. The van der Waals surface area contributed by atoms with Crippen molar-refractivity contribution in [1.82, 2.24) is 5.32 Å². The topological polar surface area (TPSA) is 75.7 Å². The van der Waals surface area contributed by atoms with Gasteiger partial charge < -0.3 is 4.74 Å². The number of anilines is 1. The van der Waals surface area contributed by atoms with E-state index in [1.807, 2.05) is 19.1 Å². The molecule has 1 aliphatic rings. The molecule has 1 heterocycles. The predicted molar refractivity (Wildman–Crippen MR) is 111 cm³/mol. The highest BCUT2D eigenvalue weighted by atomic mass is 35.5. The van der Waals surface area contributed by atoms with Crippen LogP contribution in [-0.2, 0) is 16.0 Å². The monoisotopic (exact) mass is 408 g/mol. The third-order valence-electron chi connectivity index (χ3n) is 4.30. The molecule has 146 valence electrons. The van der Waals surface area contributed by atoms with Crippen molar-refractivity contribution in [1.29, 1.82) is 0 Å². The maximum Gasteiger partial charge on any atom is 0.335 e. The third kappa shape index (κ3) is 4.15. The van der Waals surface area contributed by atoms with Crippen LogP contribution >= 0.6 is 11.6 Å². The Morgan fingerprint density at radius 1 is 1.21 bits per heavy atom. The summed E-state index contributed by atoms with van der Waals surface area (Å²) in [5.74, 6) is 1.18. The molecule has 0 spiro atoms. The molecular formula is C22H17ClN2O4. The molecule has 0 radical (unpaired) electrons. The van der Waals surface area contributed by atoms with E-state index in [0.717, 1.165) is 10.5 Å². The second-order valence-corrected chi connectivity index (χ2v) is 6.55. The van der Waals surface area contributed by atoms with Gasteiger partial charge in [0.1, 0.15) is 17.9 Å². The predicted octanol–water partition coefficient (Wildman–Crippen LogP) is 3.58. The fourth-order valence-corrected chi connectivity index (χ4v) is 3.12. The van der Waals surface area contributed by atoms with Crippen LogP contribution in [0.1, 0.15) is 18.1 Å². The van der Waals surface area contributed by atoms with E-state index in [-0.39, 0.29) is 12.2 Å². The van der Waals surface area contributed by atoms with Crippen molar-refractivity contribution in [3.8, 4) is 18.1 Å². The number of barbiturate groups is 1. The number of carbonyl (C=O) groups is 3. The number of rotatable bonds is 5. The Bertz CT molecular complexity index is 1070. The van der Waals surface area contributed by atoms with Gasteiger partial charge in [0.15, 0.2) is 0 Å². The highest BCUT2D eigenvalue weighted by Gasteiger charge is 2.37. The average molecular weight is 409 g/mol. The molecule has 1 saturated heterocycles. The SMILES string of the molecule is C#CCOc1ccc(Cl)cc1/C=C1/C(=O)NC(=O)N(c2ccccc2CC)C1=O. The Labute approximate surface area is 173 Å². The van der Waals surface area contributed by atoms with Crippen LogP contribution in [0.3, 0.4) is 0 Å². The van der Waals surface area contributed by atoms with Gasteiger partial charge in [0.25, 0.3) is 11.8 Å². The van der Waals surface area contributed by atoms with E-state index in [4.69, 9.17) is 22.8 Å². The molecule has 0 saturated carbocycles. The normalized spacial score (nSPS) is 15.3. The molecule has 0 unspecified atom stereocenters. The van der Waals surface area contributed by atoms with Gasteiger partial charge in [-0.15, -0.1) is 6.42 Å². The summed E-state index contributed by atoms with van der Waals surface area (Å²) >= 11 is 6.05. The van der Waals surface area contributed by atoms with Gasteiger partial charge in [-0.05, 0) is 42.3 Å². The number of para-hydroxylation sites is 1. The Morgan fingerprint density at radius 2 is 1.97 bits per heavy atom. The highest BCUT2D eigenvalue weighted by Crippen LogP contribution is 2.29. The number of hydrogen-bond acceptors (Lipinski definition) is 4. The molecule has 0 aliphatic carbocycles. The number of aryl methyl sites for hydroxylation is 1. The van der Waals surface area contributed by atoms with Crippen LogP contribution in [0.15, 0.2) is 48.0 Å². The van der Waals surface area contributed by atoms with Crippen LogP contribution < -0.4 is 15.0 Å². The van der Waals surface area contributed by atoms with Crippen LogP contribution in [0.4, 0.5) is 10.5 Å². The summed E-state index contributed by atoms with van der Waals surface area (Å²) < 4.78 is 5.46. The highest BCUT2D eigenvalue weighted by molar-refractivity contribution is 6.39. The second-order valence-electron chi connectivity index (χ2n) is 6.12. The number of urea groups is 1. The molecule has 0 bridgehead atoms. The zero-order valence-electron chi connectivity index (χ0n) is 15.6. The van der Waals surface area contributed by atoms with Crippen molar-refractivity contribution in [2.24, 2.45) is 0 Å². The molecule has 0 aromatic heterocycles. The molecule has 0 atom stereocenters. The van der Waals surface area contributed by atoms with E-state index in [0.29, 0.717) is 28.4 Å². The first-order chi connectivity index (χ1) is 14.0. The number of amides is 4. The minimum Gasteiger partial charge on any atom is -0.480 e. The first-order valence-electron chi connectivity index (χ1n) is 8.81. The zero-order chi connectivity index (χ0) is 21.0. The Kier molecular flexibility index (Phi) is 6.01. The van der Waals surface area contributed by atoms with Crippen molar-refractivity contribution >= 4 is 41.2 Å². The van der Waals surface area contributed by atoms with E-state index < -0.39 is 17.8 Å². The van der Waals surface area contributed by atoms with Crippen molar-refractivity contribution in [2.45, 2.75) is 13.3 Å². The lowest BCUT2D eigenvalue weighted by Crippen LogP contribution is -2.54. The van der Waals surface area contributed by atoms with Gasteiger partial charge in [-0.2, -0.15) is 0 Å². The Morgan fingerprint density at radius 3 is 2.69 bits per heavy atom. The molecule has 2 aromatic carbocycles. The first kappa shape index (κ1) is 20.2. The summed E-state index contributed by atoms with van der Waals surface area (Å²) in [4.78, 5) is 38.9. The van der Waals surface area contributed by atoms with Crippen molar-refractivity contribution < 1.29 is 19.1 Å². The van der Waals surface area contributed by atoms with Gasteiger partial charge in [-0.3, -0.25) is 14.9 Å². The van der Waals surface area contributed by atoms with E-state index in [1.54, 1.807) is 30.3 Å². The molecule has 1 aliphatic heterocycles. The molecule has 7 heteroatoms. The van der Waals surface area contributed by atoms with Crippen LogP contribution in [0.5, 0.6) is 5.75 Å². The maximum atomic E-state index is 13.1. The summed E-state index contributed by atoms with van der Waals surface area (Å²) in [5, 5.41) is 2.60. The smallest absolute Gasteiger partial charge is 0.335 e. The number of hydrogen-bond donors (Lipinski definition) is 1. The minimum atomic E-state index is -0.798. The molecule has 29 heavy (non-hydrogen) atoms. The Hall–Kier alpha value is -3.56. The third-order valence-corrected chi connectivity index (χ3v) is 4.53. The van der Waals surface area contributed by atoms with E-state index >= 15 is 0 Å². The average Bonchev–Trinajstić information content (AvgIpc) is 2.70. The van der Waals surface area contributed by atoms with Crippen LogP contribution in [0.25, 0.3) is 6.08 Å². The summed E-state index contributed by atoms with van der Waals surface area (Å²) in [6.45, 7) is 1.92. The van der Waals surface area contributed by atoms with Gasteiger partial charge in [-0.25, -0.2) is 9.69 Å². The summed E-state index contributed by atoms with van der Waals surface area (Å²) in [7, 11) is 0. The number of halogens is 1. The lowest BCUT2D eigenvalue weighted by Gasteiger charge is -2.28. The molecule has 3 rings (SSSR count). The van der Waals surface area contributed by atoms with E-state index in [2.05, 4.69) is 11.2 Å². The van der Waals surface area contributed by atoms with Gasteiger partial charge >= 0.3 is 6.03 Å². The van der Waals surface area contributed by atoms with Gasteiger partial charge in [0, 0.05) is 10.6 Å². The fourth-order valence-electron chi connectivity index (χ4n) is 2.94. The second kappa shape index (κ2) is 8.63. The van der Waals surface area contributed by atoms with Crippen molar-refractivity contribution in [3.05, 3.63) is 64.2 Å². The Balaban J connectivity index is 2.07. The summed E-state index contributed by atoms with van der Waals surface area (Å²) in [6.07, 6.45) is 7.18. The summed E-state index contributed by atoms with van der Waals surface area (Å²) in [6, 6.07) is 10.9. The van der Waals surface area contributed by atoms with Gasteiger partial charge in [0.05, 0.1) is 5.69 Å². The van der Waals surface area contributed by atoms with E-state index in [1.165, 1.54) is 6.08 Å². The lowest BCUT2D eigenvalue weighted by atomic mass is 10.0. The largest absolute Gasteiger partial charge is 0.480 e. The van der Waals surface area contributed by atoms with Crippen LogP contribution in [0.2, 0.25) is 5.02 Å². The van der Waals surface area contributed by atoms with Crippen LogP contribution in [-0.4, -0.2) is 24.5 Å². The van der Waals surface area contributed by atoms with Crippen LogP contribution in [0, 0.1) is 12.3 Å². The lowest BCUT2D eigenvalue weighted by molar-refractivity contribution is -0.122. The molecule has 6 nitrogen and oxygen atoms in total. The molecule has 1 fully saturated rings. The van der Waals surface area contributed by atoms with Crippen molar-refractivity contribution in [3.63, 3.8) is 0 Å². The minimum absolute atomic E-state index is 0.00638. The van der Waals surface area contributed by atoms with E-state index in [9.17, 15) is 14.4 Å². The number of terminal acetylenes is 1. The number of benzene rings is 2. The number of carbonyl (C=O) groups excluding carboxylic acids is 3. The maximum absolute atomic E-state index is 13.1. The zero-order valence-corrected chi connectivity index (χ0v) is 16.3. The fraction of sp³-hybridized carbons (Fsp3) is 0.136. The standard InChI is InChI=1S/C22H17ClN2O4/c1-3-11-29-19-10-9-16(23)12-15(19)13-17-20(26)24-22(28)25(21(17)27)18-8-6-5-7-14(18)4-2/h1,5-10,12-13H,4,11H2,2H3,(H,24,26,28)/b17-13-. The quantitative estimate of drug-likeness (QED) is 0.466. The number of ether oxygens (including phenoxy) is 1.